The molecule has 7 saturated heterocycles. The average Bonchev–Trinajstić information content (AvgIpc) is 1.28. The van der Waals surface area contributed by atoms with E-state index in [4.69, 9.17) is 44.9 Å². The first-order chi connectivity index (χ1) is 67.1. The number of carbonyl (C=O) groups is 6. The highest BCUT2D eigenvalue weighted by molar-refractivity contribution is 9.08. The third kappa shape index (κ3) is 33.8. The number of nitriles is 2. The van der Waals surface area contributed by atoms with Crippen molar-refractivity contribution >= 4 is 78.4 Å². The first kappa shape index (κ1) is 105. The number of ether oxygens (including phenoxy) is 5. The van der Waals surface area contributed by atoms with Crippen molar-refractivity contribution in [2.75, 3.05) is 183 Å². The Hall–Kier alpha value is -11.9. The number of nitrogens with two attached hydrogens (primary N) is 1. The summed E-state index contributed by atoms with van der Waals surface area (Å²) in [5.41, 5.74) is 21.1. The summed E-state index contributed by atoms with van der Waals surface area (Å²) in [5.74, 6) is -3.51. The largest absolute Gasteiger partial charge is 0.478 e. The number of morpholine rings is 5. The van der Waals surface area contributed by atoms with E-state index in [1.165, 1.54) is 121 Å². The third-order valence-corrected chi connectivity index (χ3v) is 25.2. The Morgan fingerprint density at radius 2 is 0.739 bits per heavy atom. The smallest absolute Gasteiger partial charge is 0.336 e. The predicted molar refractivity (Wildman–Crippen MR) is 533 cm³/mol. The summed E-state index contributed by atoms with van der Waals surface area (Å²) >= 11 is 3.32. The summed E-state index contributed by atoms with van der Waals surface area (Å²) in [5, 5.41) is 30.7. The van der Waals surface area contributed by atoms with E-state index in [0.29, 0.717) is 50.7 Å². The summed E-state index contributed by atoms with van der Waals surface area (Å²) in [6, 6.07) is 67.0. The highest BCUT2D eigenvalue weighted by atomic mass is 79.9. The van der Waals surface area contributed by atoms with Gasteiger partial charge in [0, 0.05) is 162 Å². The van der Waals surface area contributed by atoms with Crippen molar-refractivity contribution in [2.45, 2.75) is 90.4 Å². The van der Waals surface area contributed by atoms with Gasteiger partial charge < -0.3 is 49.6 Å². The number of hydrogen-bond donors (Lipinski definition) is 3. The first-order valence-corrected chi connectivity index (χ1v) is 48.5. The molecular formula is C109H123BrF3N13O12. The van der Waals surface area contributed by atoms with E-state index in [0.717, 1.165) is 248 Å². The number of nitrogens with one attached hydrogen (secondary N) is 1. The lowest BCUT2D eigenvalue weighted by Gasteiger charge is -2.26. The number of carbonyl (C=O) groups excluding carboxylic acids is 5. The second-order valence-electron chi connectivity index (χ2n) is 34.7. The molecule has 29 heteroatoms. The fourth-order valence-corrected chi connectivity index (χ4v) is 17.1. The maximum absolute atomic E-state index is 14.0. The third-order valence-electron chi connectivity index (χ3n) is 24.6. The SMILES string of the molecule is CC(=O)c1ccc(CN2CCOCC2)cc1.CC(=O)c1ccc(CN2CCOCC2)cc1.N#Cc1ccc(CBr)cc1.N#Cc1ccc(CN2CCOCC2)cc1.NCCN1CCCC1.O=C(CCCN1CCCC1)c1cc(-c2ccc(CN3CCOCC3)cc2)nc2ccc(F)cc12.O=C(O)c1cc(-c2ccc(CN3CCOCC3)cc2)nc2ccc(F)cc12.O=C1Nc2ccc(F)cc2C1=O. The Morgan fingerprint density at radius 3 is 1.09 bits per heavy atom. The highest BCUT2D eigenvalue weighted by Gasteiger charge is 2.29. The molecule has 8 aliphatic rings. The summed E-state index contributed by atoms with van der Waals surface area (Å²) in [6.07, 6.45) is 6.53. The molecule has 0 bridgehead atoms. The van der Waals surface area contributed by atoms with E-state index >= 15 is 0 Å². The van der Waals surface area contributed by atoms with Crippen LogP contribution in [-0.4, -0.2) is 262 Å². The number of hydrogen-bond acceptors (Lipinski definition) is 23. The van der Waals surface area contributed by atoms with Crippen molar-refractivity contribution in [3.63, 3.8) is 0 Å². The number of aromatic nitrogens is 2. The van der Waals surface area contributed by atoms with Gasteiger partial charge in [-0.1, -0.05) is 137 Å². The van der Waals surface area contributed by atoms with Gasteiger partial charge in [-0.25, -0.2) is 27.9 Å². The molecular weight excluding hydrogens is 1820 g/mol. The minimum atomic E-state index is -1.10. The zero-order valence-corrected chi connectivity index (χ0v) is 80.3. The molecule has 0 aliphatic carbocycles. The molecule has 9 aromatic carbocycles. The molecule has 11 aromatic rings. The minimum Gasteiger partial charge on any atom is -0.478 e. The number of halogens is 4. The number of nitrogens with zero attached hydrogens (tertiary/aromatic N) is 11. The van der Waals surface area contributed by atoms with Gasteiger partial charge in [-0.2, -0.15) is 10.5 Å². The van der Waals surface area contributed by atoms with Crippen LogP contribution in [0.4, 0.5) is 18.9 Å². The molecule has 138 heavy (non-hydrogen) atoms. The molecule has 1 amide bonds. The molecule has 19 rings (SSSR count). The molecule has 724 valence electrons. The Kier molecular flexibility index (Phi) is 42.4. The van der Waals surface area contributed by atoms with Crippen LogP contribution in [0.25, 0.3) is 44.3 Å². The minimum absolute atomic E-state index is 0.0480. The van der Waals surface area contributed by atoms with Crippen LogP contribution in [0.5, 0.6) is 0 Å². The molecule has 7 fully saturated rings. The topological polar surface area (TPSA) is 303 Å². The Morgan fingerprint density at radius 1 is 0.413 bits per heavy atom. The number of anilines is 1. The number of carboxylic acids is 1. The van der Waals surface area contributed by atoms with Crippen LogP contribution < -0.4 is 11.1 Å². The fourth-order valence-electron chi connectivity index (χ4n) is 16.7. The van der Waals surface area contributed by atoms with Crippen molar-refractivity contribution in [3.8, 4) is 34.7 Å². The molecule has 0 saturated carbocycles. The second-order valence-corrected chi connectivity index (χ2v) is 35.3. The lowest BCUT2D eigenvalue weighted by atomic mass is 9.98. The van der Waals surface area contributed by atoms with Gasteiger partial charge in [0.2, 0.25) is 0 Å². The second kappa shape index (κ2) is 55.7. The number of amides is 1. The summed E-state index contributed by atoms with van der Waals surface area (Å²) in [6.45, 7) is 33.2. The normalized spacial score (nSPS) is 16.3. The lowest BCUT2D eigenvalue weighted by molar-refractivity contribution is -0.112. The standard InChI is InChI=1S/C28H32FN3O2.C21H19FN2O3.2C13H17NO2.C12H14N2O.C8H6BrN.C8H4FNO2.C6H14N2/c29-23-9-10-26-24(18-23)25(28(33)4-3-13-31-11-1-2-12-31)19-27(30-26)22-7-5-21(6-8-22)20-32-14-16-34-17-15-32;22-16-5-6-19-17(11-16)18(21(25)26)12-20(23-19)15-3-1-14(2-4-15)13-24-7-9-27-10-8-24;2*1-11(15)13-4-2-12(3-5-13)10-14-6-8-16-9-7-14;13-9-11-1-3-12(4-2-11)10-14-5-7-15-8-6-14;9-5-7-1-3-8(6-10)4-2-7;9-4-1-2-6-5(3-4)7(11)8(12)10-6;7-3-6-8-4-1-2-5-8/h5-10,18-19H,1-4,11-17,20H2;1-6,11-12H,7-10,13H2,(H,25,26);2*2-5H,6-10H2,1H3;1-4H,5-8,10H2;1-4H,5H2;1-3H,(H,10,11,12);1-7H2. The van der Waals surface area contributed by atoms with Crippen molar-refractivity contribution in [2.24, 2.45) is 5.73 Å². The number of aromatic carboxylic acids is 1. The molecule has 0 unspecified atom stereocenters. The van der Waals surface area contributed by atoms with Crippen LogP contribution in [0.15, 0.2) is 212 Å². The molecule has 8 aliphatic heterocycles. The summed E-state index contributed by atoms with van der Waals surface area (Å²) in [7, 11) is 0. The van der Waals surface area contributed by atoms with Gasteiger partial charge in [0.05, 0.1) is 129 Å². The lowest BCUT2D eigenvalue weighted by Crippen LogP contribution is -2.35. The van der Waals surface area contributed by atoms with E-state index in [2.05, 4.69) is 96.9 Å². The highest BCUT2D eigenvalue weighted by Crippen LogP contribution is 2.31. The number of alkyl halides is 1. The van der Waals surface area contributed by atoms with Crippen LogP contribution in [0.1, 0.15) is 149 Å². The van der Waals surface area contributed by atoms with Gasteiger partial charge in [0.1, 0.15) is 17.5 Å². The Bertz CT molecular complexity index is 5780. The molecule has 2 aromatic heterocycles. The van der Waals surface area contributed by atoms with Gasteiger partial charge in [-0.3, -0.25) is 48.5 Å². The van der Waals surface area contributed by atoms with Crippen molar-refractivity contribution in [3.05, 3.63) is 302 Å². The molecule has 4 N–H and O–H groups in total. The molecule has 10 heterocycles. The van der Waals surface area contributed by atoms with E-state index in [-0.39, 0.29) is 34.3 Å². The van der Waals surface area contributed by atoms with Crippen molar-refractivity contribution in [1.29, 1.82) is 10.5 Å². The zero-order valence-electron chi connectivity index (χ0n) is 78.7. The van der Waals surface area contributed by atoms with E-state index in [1.807, 2.05) is 127 Å². The number of ketones is 4. The van der Waals surface area contributed by atoms with Crippen molar-refractivity contribution < 1.29 is 70.7 Å². The Labute approximate surface area is 814 Å². The number of Topliss-reactive ketones (excluding diaryl/α,β-unsaturated/α-hetero) is 4. The number of rotatable bonds is 23. The van der Waals surface area contributed by atoms with Crippen LogP contribution in [-0.2, 0) is 66.5 Å². The molecule has 0 atom stereocenters. The van der Waals surface area contributed by atoms with Crippen molar-refractivity contribution in [1.82, 2.24) is 44.3 Å². The van der Waals surface area contributed by atoms with Crippen LogP contribution in [0.3, 0.4) is 0 Å². The van der Waals surface area contributed by atoms with Gasteiger partial charge in [-0.05, 0) is 203 Å². The number of likely N-dealkylation sites (tertiary alicyclic amines) is 2. The monoisotopic (exact) mass is 1940 g/mol. The van der Waals surface area contributed by atoms with E-state index in [9.17, 15) is 47.0 Å². The fraction of sp³-hybridized carbons (Fsp3) is 0.376. The number of carboxylic acid groups (broad SMARTS) is 1. The van der Waals surface area contributed by atoms with Crippen LogP contribution in [0.2, 0.25) is 0 Å². The Balaban J connectivity index is 0.000000148. The summed E-state index contributed by atoms with van der Waals surface area (Å²) in [4.78, 5) is 94.8. The molecule has 0 radical (unpaired) electrons. The van der Waals surface area contributed by atoms with Gasteiger partial charge in [0.25, 0.3) is 11.7 Å². The average molecular weight is 1940 g/mol. The van der Waals surface area contributed by atoms with E-state index < -0.39 is 29.3 Å². The quantitative estimate of drug-likeness (QED) is 0.0304. The van der Waals surface area contributed by atoms with Gasteiger partial charge in [-0.15, -0.1) is 0 Å². The molecule has 0 spiro atoms. The predicted octanol–water partition coefficient (Wildman–Crippen LogP) is 16.8. The first-order valence-electron chi connectivity index (χ1n) is 47.3. The molecule has 25 nitrogen and oxygen atoms in total. The van der Waals surface area contributed by atoms with Gasteiger partial charge >= 0.3 is 5.97 Å². The van der Waals surface area contributed by atoms with Crippen LogP contribution >= 0.6 is 15.9 Å². The number of fused-ring (bicyclic) bond motifs is 3. The number of pyridine rings is 2. The maximum Gasteiger partial charge on any atom is 0.336 e. The summed E-state index contributed by atoms with van der Waals surface area (Å²) < 4.78 is 66.8. The number of benzene rings is 9. The zero-order chi connectivity index (χ0) is 97.3. The van der Waals surface area contributed by atoms with Gasteiger partial charge in [0.15, 0.2) is 17.3 Å². The van der Waals surface area contributed by atoms with Crippen LogP contribution in [0, 0.1) is 40.1 Å². The van der Waals surface area contributed by atoms with E-state index in [1.54, 1.807) is 19.9 Å². The maximum atomic E-state index is 14.0.